The zero-order chi connectivity index (χ0) is 14.1. The van der Waals surface area contributed by atoms with Gasteiger partial charge >= 0.3 is 0 Å². The molecule has 0 aliphatic heterocycles. The lowest BCUT2D eigenvalue weighted by molar-refractivity contribution is 0.464. The summed E-state index contributed by atoms with van der Waals surface area (Å²) in [6, 6.07) is 7.84. The first-order valence-corrected chi connectivity index (χ1v) is 6.65. The average molecular weight is 289 g/mol. The Morgan fingerprint density at radius 1 is 1.20 bits per heavy atom. The number of halogens is 1. The number of benzene rings is 1. The van der Waals surface area contributed by atoms with E-state index in [-0.39, 0.29) is 11.3 Å². The molecule has 0 unspecified atom stereocenters. The molecule has 0 fully saturated rings. The normalized spacial score (nSPS) is 11.2. The van der Waals surface area contributed by atoms with E-state index < -0.39 is 0 Å². The molecule has 0 saturated heterocycles. The van der Waals surface area contributed by atoms with Gasteiger partial charge in [0.1, 0.15) is 0 Å². The molecule has 0 aliphatic rings. The molecule has 3 aromatic rings. The minimum atomic E-state index is 0.162. The summed E-state index contributed by atoms with van der Waals surface area (Å²) >= 11 is 5.92. The van der Waals surface area contributed by atoms with E-state index >= 15 is 0 Å². The zero-order valence-electron chi connectivity index (χ0n) is 11.1. The van der Waals surface area contributed by atoms with Crippen LogP contribution in [-0.2, 0) is 0 Å². The average Bonchev–Trinajstić information content (AvgIpc) is 2.87. The van der Waals surface area contributed by atoms with Crippen LogP contribution in [-0.4, -0.2) is 19.7 Å². The predicted octanol–water partition coefficient (Wildman–Crippen LogP) is 3.85. The Kier molecular flexibility index (Phi) is 3.28. The maximum Gasteiger partial charge on any atom is 0.231 e. The number of para-hydroxylation sites is 1. The first kappa shape index (κ1) is 12.9. The molecule has 6 heteroatoms. The quantitative estimate of drug-likeness (QED) is 0.687. The van der Waals surface area contributed by atoms with Crippen molar-refractivity contribution in [3.63, 3.8) is 0 Å². The minimum absolute atomic E-state index is 0.162. The lowest BCUT2D eigenvalue weighted by Gasteiger charge is -2.06. The summed E-state index contributed by atoms with van der Waals surface area (Å²) in [6.45, 7) is 4.10. The van der Waals surface area contributed by atoms with Crippen LogP contribution in [0.5, 0.6) is 11.6 Å². The van der Waals surface area contributed by atoms with Gasteiger partial charge in [-0.05, 0) is 37.6 Å². The van der Waals surface area contributed by atoms with Crippen molar-refractivity contribution in [3.8, 4) is 11.6 Å². The molecule has 2 aromatic heterocycles. The largest absolute Gasteiger partial charge is 0.435 e. The number of ether oxygens (including phenoxy) is 1. The summed E-state index contributed by atoms with van der Waals surface area (Å²) in [5, 5.41) is 5.21. The van der Waals surface area contributed by atoms with Gasteiger partial charge in [0.25, 0.3) is 0 Å². The highest BCUT2D eigenvalue weighted by atomic mass is 35.5. The second-order valence-corrected chi connectivity index (χ2v) is 5.00. The van der Waals surface area contributed by atoms with Crippen LogP contribution in [0, 0.1) is 0 Å². The fourth-order valence-electron chi connectivity index (χ4n) is 1.87. The topological polar surface area (TPSA) is 52.8 Å². The molecule has 1 aromatic carbocycles. The Labute approximate surface area is 121 Å². The third kappa shape index (κ3) is 2.44. The van der Waals surface area contributed by atoms with Crippen molar-refractivity contribution >= 4 is 22.5 Å². The first-order chi connectivity index (χ1) is 9.63. The summed E-state index contributed by atoms with van der Waals surface area (Å²) in [7, 11) is 0. The Bertz CT molecular complexity index is 754. The van der Waals surface area contributed by atoms with Crippen LogP contribution in [0.15, 0.2) is 36.7 Å². The Balaban J connectivity index is 2.01. The lowest BCUT2D eigenvalue weighted by Crippen LogP contribution is -1.99. The van der Waals surface area contributed by atoms with Crippen LogP contribution in [0.1, 0.15) is 19.9 Å². The first-order valence-electron chi connectivity index (χ1n) is 6.28. The van der Waals surface area contributed by atoms with Gasteiger partial charge in [0.05, 0.1) is 23.3 Å². The molecule has 0 aliphatic carbocycles. The predicted molar refractivity (Wildman–Crippen MR) is 77.2 cm³/mol. The Hall–Kier alpha value is -2.14. The summed E-state index contributed by atoms with van der Waals surface area (Å²) in [5.74, 6) is 1.06. The van der Waals surface area contributed by atoms with Crippen molar-refractivity contribution in [2.45, 2.75) is 19.9 Å². The highest BCUT2D eigenvalue weighted by Crippen LogP contribution is 2.28. The molecule has 2 heterocycles. The van der Waals surface area contributed by atoms with E-state index in [2.05, 4.69) is 15.1 Å². The SMILES string of the molecule is CC(C)n1cc(Oc2nc(Cl)nc3ccccc23)cn1. The number of hydrogen-bond donors (Lipinski definition) is 0. The molecule has 3 rings (SSSR count). The van der Waals surface area contributed by atoms with E-state index in [1.807, 2.05) is 49.0 Å². The molecular weight excluding hydrogens is 276 g/mol. The van der Waals surface area contributed by atoms with Crippen LogP contribution in [0.3, 0.4) is 0 Å². The van der Waals surface area contributed by atoms with Gasteiger partial charge in [-0.25, -0.2) is 4.98 Å². The molecule has 5 nitrogen and oxygen atoms in total. The fraction of sp³-hybridized carbons (Fsp3) is 0.214. The summed E-state index contributed by atoms with van der Waals surface area (Å²) in [5.41, 5.74) is 0.749. The van der Waals surface area contributed by atoms with Crippen LogP contribution < -0.4 is 4.74 Å². The molecule has 0 bridgehead atoms. The van der Waals surface area contributed by atoms with Crippen molar-refractivity contribution in [2.24, 2.45) is 0 Å². The van der Waals surface area contributed by atoms with Crippen molar-refractivity contribution in [1.82, 2.24) is 19.7 Å². The van der Waals surface area contributed by atoms with E-state index in [0.717, 1.165) is 10.9 Å². The number of aromatic nitrogens is 4. The Morgan fingerprint density at radius 3 is 2.75 bits per heavy atom. The van der Waals surface area contributed by atoms with Gasteiger partial charge < -0.3 is 4.74 Å². The number of nitrogens with zero attached hydrogens (tertiary/aromatic N) is 4. The zero-order valence-corrected chi connectivity index (χ0v) is 11.9. The van der Waals surface area contributed by atoms with Gasteiger partial charge in [0, 0.05) is 6.04 Å². The van der Waals surface area contributed by atoms with Gasteiger partial charge in [-0.15, -0.1) is 0 Å². The summed E-state index contributed by atoms with van der Waals surface area (Å²) < 4.78 is 7.60. The van der Waals surface area contributed by atoms with Crippen LogP contribution >= 0.6 is 11.6 Å². The summed E-state index contributed by atoms with van der Waals surface area (Å²) in [4.78, 5) is 8.31. The van der Waals surface area contributed by atoms with E-state index in [4.69, 9.17) is 16.3 Å². The van der Waals surface area contributed by atoms with Crippen LogP contribution in [0.4, 0.5) is 0 Å². The van der Waals surface area contributed by atoms with Gasteiger partial charge in [-0.1, -0.05) is 12.1 Å². The second kappa shape index (κ2) is 5.09. The maximum atomic E-state index is 5.92. The third-order valence-electron chi connectivity index (χ3n) is 2.86. The highest BCUT2D eigenvalue weighted by Gasteiger charge is 2.10. The molecule has 0 saturated carbocycles. The van der Waals surface area contributed by atoms with Crippen LogP contribution in [0.2, 0.25) is 5.28 Å². The second-order valence-electron chi connectivity index (χ2n) is 4.67. The molecule has 102 valence electrons. The van der Waals surface area contributed by atoms with E-state index in [0.29, 0.717) is 11.6 Å². The van der Waals surface area contributed by atoms with Crippen LogP contribution in [0.25, 0.3) is 10.9 Å². The highest BCUT2D eigenvalue weighted by molar-refractivity contribution is 6.28. The molecule has 0 radical (unpaired) electrons. The summed E-state index contributed by atoms with van der Waals surface area (Å²) in [6.07, 6.45) is 3.49. The molecule has 0 atom stereocenters. The third-order valence-corrected chi connectivity index (χ3v) is 3.03. The lowest BCUT2D eigenvalue weighted by atomic mass is 10.2. The molecular formula is C14H13ClN4O. The number of hydrogen-bond acceptors (Lipinski definition) is 4. The number of fused-ring (bicyclic) bond motifs is 1. The van der Waals surface area contributed by atoms with Crippen molar-refractivity contribution in [2.75, 3.05) is 0 Å². The Morgan fingerprint density at radius 2 is 2.00 bits per heavy atom. The molecule has 0 spiro atoms. The van der Waals surface area contributed by atoms with Gasteiger partial charge in [0.15, 0.2) is 5.75 Å². The van der Waals surface area contributed by atoms with Gasteiger partial charge in [0.2, 0.25) is 11.2 Å². The van der Waals surface area contributed by atoms with E-state index in [1.54, 1.807) is 6.20 Å². The minimum Gasteiger partial charge on any atom is -0.435 e. The van der Waals surface area contributed by atoms with Crippen molar-refractivity contribution in [3.05, 3.63) is 41.9 Å². The number of rotatable bonds is 3. The van der Waals surface area contributed by atoms with E-state index in [9.17, 15) is 0 Å². The molecule has 0 amide bonds. The standard InChI is InChI=1S/C14H13ClN4O/c1-9(2)19-8-10(7-16-19)20-13-11-5-3-4-6-12(11)17-14(15)18-13/h3-9H,1-2H3. The fourth-order valence-corrected chi connectivity index (χ4v) is 2.03. The van der Waals surface area contributed by atoms with Gasteiger partial charge in [-0.3, -0.25) is 4.68 Å². The maximum absolute atomic E-state index is 5.92. The van der Waals surface area contributed by atoms with Crippen molar-refractivity contribution < 1.29 is 4.74 Å². The molecule has 0 N–H and O–H groups in total. The molecule has 20 heavy (non-hydrogen) atoms. The van der Waals surface area contributed by atoms with Crippen molar-refractivity contribution in [1.29, 1.82) is 0 Å². The smallest absolute Gasteiger partial charge is 0.231 e. The van der Waals surface area contributed by atoms with E-state index in [1.165, 1.54) is 0 Å². The monoisotopic (exact) mass is 288 g/mol. The van der Waals surface area contributed by atoms with Gasteiger partial charge in [-0.2, -0.15) is 10.1 Å².